The van der Waals surface area contributed by atoms with Crippen LogP contribution in [0.3, 0.4) is 0 Å². The number of hydrogen-bond acceptors (Lipinski definition) is 4. The molecule has 0 aliphatic carbocycles. The van der Waals surface area contributed by atoms with Crippen LogP contribution in [0.15, 0.2) is 29.2 Å². The van der Waals surface area contributed by atoms with Crippen LogP contribution in [0.5, 0.6) is 0 Å². The summed E-state index contributed by atoms with van der Waals surface area (Å²) in [5.74, 6) is -0.734. The van der Waals surface area contributed by atoms with E-state index in [-0.39, 0.29) is 10.9 Å². The molecule has 7 heteroatoms. The quantitative estimate of drug-likeness (QED) is 0.691. The van der Waals surface area contributed by atoms with Gasteiger partial charge in [0.05, 0.1) is 10.9 Å². The van der Waals surface area contributed by atoms with E-state index in [0.29, 0.717) is 5.56 Å². The SMILES string of the molecule is CC(NS(=O)(=O)c1cccc(C(C)N)c1)C(N)=O. The smallest absolute Gasteiger partial charge is 0.241 e. The van der Waals surface area contributed by atoms with Gasteiger partial charge in [0, 0.05) is 6.04 Å². The Morgan fingerprint density at radius 3 is 2.44 bits per heavy atom. The third kappa shape index (κ3) is 3.52. The molecule has 0 radical (unpaired) electrons. The Morgan fingerprint density at radius 2 is 1.94 bits per heavy atom. The van der Waals surface area contributed by atoms with E-state index in [1.807, 2.05) is 0 Å². The van der Waals surface area contributed by atoms with Gasteiger partial charge in [0.1, 0.15) is 0 Å². The minimum Gasteiger partial charge on any atom is -0.368 e. The third-order valence-electron chi connectivity index (χ3n) is 2.45. The zero-order valence-corrected chi connectivity index (χ0v) is 11.1. The van der Waals surface area contributed by atoms with Crippen molar-refractivity contribution in [2.24, 2.45) is 11.5 Å². The molecule has 0 heterocycles. The van der Waals surface area contributed by atoms with Crippen molar-refractivity contribution in [2.45, 2.75) is 30.8 Å². The third-order valence-corrected chi connectivity index (χ3v) is 3.99. The predicted octanol–water partition coefficient (Wildman–Crippen LogP) is -0.142. The molecular formula is C11H17N3O3S. The molecule has 0 aliphatic heterocycles. The fourth-order valence-corrected chi connectivity index (χ4v) is 2.59. The van der Waals surface area contributed by atoms with Gasteiger partial charge < -0.3 is 11.5 Å². The van der Waals surface area contributed by atoms with Crippen LogP contribution in [-0.4, -0.2) is 20.4 Å². The number of benzene rings is 1. The number of nitrogens with one attached hydrogen (secondary N) is 1. The Hall–Kier alpha value is -1.44. The normalized spacial score (nSPS) is 15.1. The first kappa shape index (κ1) is 14.6. The summed E-state index contributed by atoms with van der Waals surface area (Å²) >= 11 is 0. The zero-order valence-electron chi connectivity index (χ0n) is 10.3. The highest BCUT2D eigenvalue weighted by Gasteiger charge is 2.20. The van der Waals surface area contributed by atoms with E-state index >= 15 is 0 Å². The van der Waals surface area contributed by atoms with E-state index in [1.165, 1.54) is 19.1 Å². The van der Waals surface area contributed by atoms with Crippen LogP contribution in [0, 0.1) is 0 Å². The van der Waals surface area contributed by atoms with Crippen LogP contribution in [0.2, 0.25) is 0 Å². The van der Waals surface area contributed by atoms with E-state index < -0.39 is 22.0 Å². The number of hydrogen-bond donors (Lipinski definition) is 3. The Balaban J connectivity index is 3.05. The van der Waals surface area contributed by atoms with Gasteiger partial charge in [-0.15, -0.1) is 0 Å². The van der Waals surface area contributed by atoms with E-state index in [2.05, 4.69) is 4.72 Å². The molecule has 0 bridgehead atoms. The lowest BCUT2D eigenvalue weighted by atomic mass is 10.1. The molecule has 5 N–H and O–H groups in total. The van der Waals surface area contributed by atoms with Crippen molar-refractivity contribution < 1.29 is 13.2 Å². The molecule has 100 valence electrons. The highest BCUT2D eigenvalue weighted by Crippen LogP contribution is 2.16. The van der Waals surface area contributed by atoms with Crippen LogP contribution in [0.4, 0.5) is 0 Å². The number of primary amides is 1. The van der Waals surface area contributed by atoms with Crippen molar-refractivity contribution in [3.8, 4) is 0 Å². The molecule has 18 heavy (non-hydrogen) atoms. The number of sulfonamides is 1. The first-order valence-corrected chi connectivity index (χ1v) is 6.89. The highest BCUT2D eigenvalue weighted by molar-refractivity contribution is 7.89. The predicted molar refractivity (Wildman–Crippen MR) is 68.0 cm³/mol. The molecule has 1 amide bonds. The van der Waals surface area contributed by atoms with Gasteiger partial charge in [0.15, 0.2) is 0 Å². The summed E-state index contributed by atoms with van der Waals surface area (Å²) in [6.45, 7) is 3.14. The van der Waals surface area contributed by atoms with Gasteiger partial charge in [-0.05, 0) is 31.5 Å². The molecule has 0 saturated heterocycles. The van der Waals surface area contributed by atoms with Crippen LogP contribution in [0.25, 0.3) is 0 Å². The second-order valence-electron chi connectivity index (χ2n) is 4.11. The average Bonchev–Trinajstić information content (AvgIpc) is 2.28. The number of carbonyl (C=O) groups is 1. The van der Waals surface area contributed by atoms with Crippen molar-refractivity contribution in [2.75, 3.05) is 0 Å². The molecule has 2 unspecified atom stereocenters. The molecule has 2 atom stereocenters. The minimum absolute atomic E-state index is 0.0606. The Kier molecular flexibility index (Phi) is 4.44. The largest absolute Gasteiger partial charge is 0.368 e. The van der Waals surface area contributed by atoms with Crippen molar-refractivity contribution in [1.29, 1.82) is 0 Å². The summed E-state index contributed by atoms with van der Waals surface area (Å²) in [4.78, 5) is 10.9. The zero-order chi connectivity index (χ0) is 13.9. The molecule has 1 aromatic rings. The van der Waals surface area contributed by atoms with E-state index in [0.717, 1.165) is 0 Å². The lowest BCUT2D eigenvalue weighted by Crippen LogP contribution is -2.42. The fraction of sp³-hybridized carbons (Fsp3) is 0.364. The summed E-state index contributed by atoms with van der Waals surface area (Å²) < 4.78 is 26.1. The van der Waals surface area contributed by atoms with Gasteiger partial charge in [-0.2, -0.15) is 4.72 Å². The second kappa shape index (κ2) is 5.47. The van der Waals surface area contributed by atoms with Crippen molar-refractivity contribution in [3.05, 3.63) is 29.8 Å². The average molecular weight is 271 g/mol. The number of nitrogens with two attached hydrogens (primary N) is 2. The Bertz CT molecular complexity index is 540. The van der Waals surface area contributed by atoms with Crippen molar-refractivity contribution >= 4 is 15.9 Å². The monoisotopic (exact) mass is 271 g/mol. The molecule has 0 saturated carbocycles. The van der Waals surface area contributed by atoms with Gasteiger partial charge in [-0.25, -0.2) is 8.42 Å². The summed E-state index contributed by atoms with van der Waals surface area (Å²) in [7, 11) is -3.77. The second-order valence-corrected chi connectivity index (χ2v) is 5.82. The topological polar surface area (TPSA) is 115 Å². The van der Waals surface area contributed by atoms with Gasteiger partial charge in [0.2, 0.25) is 15.9 Å². The van der Waals surface area contributed by atoms with Crippen LogP contribution in [0.1, 0.15) is 25.5 Å². The summed E-state index contributed by atoms with van der Waals surface area (Å²) in [5.41, 5.74) is 11.4. The standard InChI is InChI=1S/C11H17N3O3S/c1-7(12)9-4-3-5-10(6-9)18(16,17)14-8(2)11(13)15/h3-8,14H,12H2,1-2H3,(H2,13,15). The number of rotatable bonds is 5. The molecular weight excluding hydrogens is 254 g/mol. The van der Waals surface area contributed by atoms with E-state index in [4.69, 9.17) is 11.5 Å². The van der Waals surface area contributed by atoms with Crippen LogP contribution in [-0.2, 0) is 14.8 Å². The molecule has 0 aliphatic rings. The molecule has 0 fully saturated rings. The highest BCUT2D eigenvalue weighted by atomic mass is 32.2. The molecule has 1 rings (SSSR count). The fourth-order valence-electron chi connectivity index (χ4n) is 1.32. The lowest BCUT2D eigenvalue weighted by molar-refractivity contribution is -0.119. The van der Waals surface area contributed by atoms with Gasteiger partial charge in [0.25, 0.3) is 0 Å². The number of carbonyl (C=O) groups excluding carboxylic acids is 1. The molecule has 6 nitrogen and oxygen atoms in total. The lowest BCUT2D eigenvalue weighted by Gasteiger charge is -2.12. The Morgan fingerprint density at radius 1 is 1.33 bits per heavy atom. The summed E-state index contributed by atoms with van der Waals surface area (Å²) in [6, 6.07) is 5.01. The van der Waals surface area contributed by atoms with Gasteiger partial charge in [-0.3, -0.25) is 4.79 Å². The van der Waals surface area contributed by atoms with Gasteiger partial charge in [-0.1, -0.05) is 12.1 Å². The number of amides is 1. The first-order chi connectivity index (χ1) is 8.24. The van der Waals surface area contributed by atoms with E-state index in [9.17, 15) is 13.2 Å². The first-order valence-electron chi connectivity index (χ1n) is 5.41. The molecule has 0 spiro atoms. The summed E-state index contributed by atoms with van der Waals surface area (Å²) in [6.07, 6.45) is 0. The summed E-state index contributed by atoms with van der Waals surface area (Å²) in [5, 5.41) is 0. The maximum atomic E-state index is 12.0. The maximum Gasteiger partial charge on any atom is 0.241 e. The Labute approximate surface area is 106 Å². The minimum atomic E-state index is -3.77. The maximum absolute atomic E-state index is 12.0. The van der Waals surface area contributed by atoms with Crippen LogP contribution >= 0.6 is 0 Å². The molecule has 1 aromatic carbocycles. The van der Waals surface area contributed by atoms with Crippen LogP contribution < -0.4 is 16.2 Å². The van der Waals surface area contributed by atoms with E-state index in [1.54, 1.807) is 19.1 Å². The van der Waals surface area contributed by atoms with Gasteiger partial charge >= 0.3 is 0 Å². The van der Waals surface area contributed by atoms with Crippen molar-refractivity contribution in [1.82, 2.24) is 4.72 Å². The molecule has 0 aromatic heterocycles. The van der Waals surface area contributed by atoms with Crippen molar-refractivity contribution in [3.63, 3.8) is 0 Å².